The van der Waals surface area contributed by atoms with Crippen molar-refractivity contribution in [3.05, 3.63) is 110 Å². The van der Waals surface area contributed by atoms with Crippen LogP contribution in [0.3, 0.4) is 0 Å². The van der Waals surface area contributed by atoms with Crippen molar-refractivity contribution < 1.29 is 5.11 Å². The number of aromatic nitrogens is 3. The fraction of sp³-hybridized carbons (Fsp3) is 0.222. The van der Waals surface area contributed by atoms with Crippen LogP contribution in [-0.2, 0) is 18.4 Å². The van der Waals surface area contributed by atoms with E-state index in [4.69, 9.17) is 28.3 Å². The first-order valence-electron chi connectivity index (χ1n) is 11.8. The minimum atomic E-state index is -0.353. The summed E-state index contributed by atoms with van der Waals surface area (Å²) in [4.78, 5) is 13.4. The Bertz CT molecular complexity index is 1530. The van der Waals surface area contributed by atoms with Crippen LogP contribution in [0, 0.1) is 0 Å². The molecule has 182 valence electrons. The second kappa shape index (κ2) is 8.92. The molecule has 0 amide bonds. The zero-order valence-corrected chi connectivity index (χ0v) is 20.8. The van der Waals surface area contributed by atoms with E-state index in [1.807, 2.05) is 24.3 Å². The summed E-state index contributed by atoms with van der Waals surface area (Å²) in [6.07, 6.45) is 1.84. The minimum Gasteiger partial charge on any atom is -0.395 e. The number of hydrogen-bond donors (Lipinski definition) is 1. The smallest absolute Gasteiger partial charge is 0.352 e. The molecule has 1 aromatic heterocycles. The highest BCUT2D eigenvalue weighted by Crippen LogP contribution is 2.46. The van der Waals surface area contributed by atoms with Gasteiger partial charge in [-0.1, -0.05) is 59.6 Å². The normalized spacial score (nSPS) is 18.6. The molecule has 0 bridgehead atoms. The molecular formula is C27H23Cl2N5O2. The predicted octanol–water partition coefficient (Wildman–Crippen LogP) is 4.44. The van der Waals surface area contributed by atoms with E-state index in [1.54, 1.807) is 29.3 Å². The van der Waals surface area contributed by atoms with E-state index in [0.29, 0.717) is 28.2 Å². The lowest BCUT2D eigenvalue weighted by atomic mass is 9.75. The van der Waals surface area contributed by atoms with Gasteiger partial charge in [-0.25, -0.2) is 9.80 Å². The summed E-state index contributed by atoms with van der Waals surface area (Å²) in [6, 6.07) is 23.1. The van der Waals surface area contributed by atoms with Crippen molar-refractivity contribution >= 4 is 34.9 Å². The Kier molecular flexibility index (Phi) is 5.71. The predicted molar refractivity (Wildman–Crippen MR) is 142 cm³/mol. The molecule has 0 fully saturated rings. The molecule has 9 heteroatoms. The Morgan fingerprint density at radius 3 is 2.36 bits per heavy atom. The molecule has 0 saturated carbocycles. The van der Waals surface area contributed by atoms with Crippen LogP contribution in [0.15, 0.2) is 82.7 Å². The molecule has 1 aliphatic heterocycles. The van der Waals surface area contributed by atoms with Crippen molar-refractivity contribution in [3.8, 4) is 5.69 Å². The monoisotopic (exact) mass is 519 g/mol. The summed E-state index contributed by atoms with van der Waals surface area (Å²) in [7, 11) is 0. The van der Waals surface area contributed by atoms with E-state index >= 15 is 0 Å². The quantitative estimate of drug-likeness (QED) is 0.422. The van der Waals surface area contributed by atoms with E-state index in [-0.39, 0.29) is 24.3 Å². The third-order valence-electron chi connectivity index (χ3n) is 7.03. The molecule has 2 aliphatic rings. The molecule has 7 nitrogen and oxygen atoms in total. The third kappa shape index (κ3) is 3.66. The SMILES string of the molecule is O=c1n(-c2ccc(Cl)cc2)nc(N2C[C@]3(CCc4ccccc43)C(c3ccc(Cl)cc3)=N2)n1CCO. The molecule has 1 spiro atoms. The first kappa shape index (κ1) is 23.0. The molecule has 1 aliphatic carbocycles. The van der Waals surface area contributed by atoms with Gasteiger partial charge in [0.2, 0.25) is 5.95 Å². The number of benzene rings is 3. The zero-order chi connectivity index (χ0) is 24.9. The van der Waals surface area contributed by atoms with Gasteiger partial charge in [0.05, 0.1) is 36.5 Å². The maximum Gasteiger partial charge on any atom is 0.352 e. The molecule has 2 heterocycles. The van der Waals surface area contributed by atoms with Crippen molar-refractivity contribution in [1.29, 1.82) is 0 Å². The van der Waals surface area contributed by atoms with Crippen LogP contribution in [0.2, 0.25) is 10.0 Å². The van der Waals surface area contributed by atoms with Crippen LogP contribution in [0.1, 0.15) is 23.1 Å². The van der Waals surface area contributed by atoms with Crippen LogP contribution >= 0.6 is 23.2 Å². The van der Waals surface area contributed by atoms with Crippen LogP contribution in [0.25, 0.3) is 5.69 Å². The summed E-state index contributed by atoms with van der Waals surface area (Å²) in [6.45, 7) is 0.437. The van der Waals surface area contributed by atoms with Gasteiger partial charge in [-0.2, -0.15) is 9.78 Å². The van der Waals surface area contributed by atoms with Gasteiger partial charge in [-0.3, -0.25) is 4.57 Å². The van der Waals surface area contributed by atoms with Crippen molar-refractivity contribution in [1.82, 2.24) is 14.3 Å². The number of nitrogens with zero attached hydrogens (tertiary/aromatic N) is 5. The number of hydrogen-bond acceptors (Lipinski definition) is 5. The van der Waals surface area contributed by atoms with Crippen molar-refractivity contribution in [2.45, 2.75) is 24.8 Å². The number of rotatable bonds is 5. The molecule has 0 saturated heterocycles. The van der Waals surface area contributed by atoms with Crippen molar-refractivity contribution in [2.24, 2.45) is 5.10 Å². The fourth-order valence-electron chi connectivity index (χ4n) is 5.36. The van der Waals surface area contributed by atoms with Crippen LogP contribution < -0.4 is 10.7 Å². The Morgan fingerprint density at radius 2 is 1.64 bits per heavy atom. The Hall–Kier alpha value is -3.39. The highest BCUT2D eigenvalue weighted by molar-refractivity contribution is 6.31. The summed E-state index contributed by atoms with van der Waals surface area (Å²) >= 11 is 12.2. The second-order valence-electron chi connectivity index (χ2n) is 9.10. The molecule has 0 unspecified atom stereocenters. The van der Waals surface area contributed by atoms with Crippen molar-refractivity contribution in [3.63, 3.8) is 0 Å². The molecule has 4 aromatic rings. The van der Waals surface area contributed by atoms with Crippen molar-refractivity contribution in [2.75, 3.05) is 18.2 Å². The number of anilines is 1. The number of halogens is 2. The number of fused-ring (bicyclic) bond motifs is 2. The third-order valence-corrected chi connectivity index (χ3v) is 7.54. The maximum absolute atomic E-state index is 13.4. The molecule has 6 rings (SSSR count). The van der Waals surface area contributed by atoms with Gasteiger partial charge < -0.3 is 5.11 Å². The average molecular weight is 520 g/mol. The van der Waals surface area contributed by atoms with Gasteiger partial charge in [0, 0.05) is 10.0 Å². The van der Waals surface area contributed by atoms with Gasteiger partial charge >= 0.3 is 5.69 Å². The standard InChI is InChI=1S/C27H23Cl2N5O2/c28-20-7-5-19(6-8-20)24-27(14-13-18-3-1-2-4-23(18)27)17-33(30-24)25-31-34(26(36)32(25)15-16-35)22-11-9-21(29)10-12-22/h1-12,35H,13-17H2/t27-/m0/s1. The van der Waals surface area contributed by atoms with E-state index in [2.05, 4.69) is 29.4 Å². The second-order valence-corrected chi connectivity index (χ2v) is 9.97. The molecule has 36 heavy (non-hydrogen) atoms. The summed E-state index contributed by atoms with van der Waals surface area (Å²) in [5.41, 5.74) is 4.34. The Morgan fingerprint density at radius 1 is 0.944 bits per heavy atom. The maximum atomic E-state index is 13.4. The van der Waals surface area contributed by atoms with E-state index < -0.39 is 0 Å². The lowest BCUT2D eigenvalue weighted by molar-refractivity contribution is 0.274. The van der Waals surface area contributed by atoms with Crippen LogP contribution in [0.5, 0.6) is 0 Å². The van der Waals surface area contributed by atoms with Gasteiger partial charge in [0.1, 0.15) is 0 Å². The first-order chi connectivity index (χ1) is 17.5. The topological polar surface area (TPSA) is 75.7 Å². The van der Waals surface area contributed by atoms with E-state index in [1.165, 1.54) is 20.4 Å². The molecule has 0 radical (unpaired) electrons. The minimum absolute atomic E-state index is 0.105. The zero-order valence-electron chi connectivity index (χ0n) is 19.3. The van der Waals surface area contributed by atoms with Gasteiger partial charge in [0.25, 0.3) is 0 Å². The fourth-order valence-corrected chi connectivity index (χ4v) is 5.61. The largest absolute Gasteiger partial charge is 0.395 e. The Labute approximate surface area is 217 Å². The van der Waals surface area contributed by atoms with Gasteiger partial charge in [0.15, 0.2) is 0 Å². The van der Waals surface area contributed by atoms with E-state index in [0.717, 1.165) is 24.1 Å². The van der Waals surface area contributed by atoms with Crippen LogP contribution in [0.4, 0.5) is 5.95 Å². The first-order valence-corrected chi connectivity index (χ1v) is 12.5. The van der Waals surface area contributed by atoms with Gasteiger partial charge in [-0.05, 0) is 65.9 Å². The molecular weight excluding hydrogens is 497 g/mol. The summed E-state index contributed by atoms with van der Waals surface area (Å²) < 4.78 is 2.80. The number of aliphatic hydroxyl groups is 1. The number of hydrazone groups is 1. The lowest BCUT2D eigenvalue weighted by Crippen LogP contribution is -2.37. The van der Waals surface area contributed by atoms with E-state index in [9.17, 15) is 9.90 Å². The Balaban J connectivity index is 1.51. The highest BCUT2D eigenvalue weighted by Gasteiger charge is 2.49. The molecule has 1 N–H and O–H groups in total. The lowest BCUT2D eigenvalue weighted by Gasteiger charge is -2.27. The average Bonchev–Trinajstić information content (AvgIpc) is 3.56. The highest BCUT2D eigenvalue weighted by atomic mass is 35.5. The molecule has 1 atom stereocenters. The summed E-state index contributed by atoms with van der Waals surface area (Å²) in [5.74, 6) is 0.386. The van der Waals surface area contributed by atoms with Crippen LogP contribution in [-0.4, -0.2) is 38.3 Å². The number of aryl methyl sites for hydroxylation is 1. The number of aliphatic hydroxyl groups excluding tert-OH is 1. The molecule has 3 aromatic carbocycles. The van der Waals surface area contributed by atoms with Gasteiger partial charge in [-0.15, -0.1) is 5.10 Å². The summed E-state index contributed by atoms with van der Waals surface area (Å²) in [5, 5.41) is 22.5.